The van der Waals surface area contributed by atoms with Gasteiger partial charge in [0.1, 0.15) is 5.69 Å². The second kappa shape index (κ2) is 4.74. The third kappa shape index (κ3) is 2.38. The van der Waals surface area contributed by atoms with Crippen molar-refractivity contribution in [2.45, 2.75) is 38.6 Å². The number of nitrogens with one attached hydrogen (secondary N) is 1. The van der Waals surface area contributed by atoms with E-state index in [1.165, 1.54) is 12.8 Å². The Kier molecular flexibility index (Phi) is 3.06. The highest BCUT2D eigenvalue weighted by molar-refractivity contribution is 5.49. The van der Waals surface area contributed by atoms with E-state index in [0.717, 1.165) is 24.2 Å². The third-order valence-electron chi connectivity index (χ3n) is 3.66. The molecule has 0 radical (unpaired) electrons. The fourth-order valence-electron chi connectivity index (χ4n) is 2.45. The van der Waals surface area contributed by atoms with E-state index in [2.05, 4.69) is 27.4 Å². The maximum absolute atomic E-state index is 5.44. The van der Waals surface area contributed by atoms with Crippen molar-refractivity contribution in [2.24, 2.45) is 0 Å². The van der Waals surface area contributed by atoms with Crippen LogP contribution >= 0.6 is 0 Å². The van der Waals surface area contributed by atoms with Gasteiger partial charge in [-0.15, -0.1) is 0 Å². The minimum Gasteiger partial charge on any atom is -0.337 e. The molecule has 1 atom stereocenters. The normalized spacial score (nSPS) is 23.5. The fraction of sp³-hybridized carbons (Fsp3) is 0.500. The number of piperidine rings is 1. The fourth-order valence-corrected chi connectivity index (χ4v) is 2.45. The molecule has 1 N–H and O–H groups in total. The molecule has 2 aromatic heterocycles. The first kappa shape index (κ1) is 12.3. The Labute approximate surface area is 112 Å². The van der Waals surface area contributed by atoms with Gasteiger partial charge in [-0.1, -0.05) is 5.16 Å². The molecule has 2 aromatic rings. The van der Waals surface area contributed by atoms with Crippen molar-refractivity contribution in [1.29, 1.82) is 0 Å². The molecule has 5 nitrogen and oxygen atoms in total. The van der Waals surface area contributed by atoms with E-state index >= 15 is 0 Å². The summed E-state index contributed by atoms with van der Waals surface area (Å²) in [6, 6.07) is 3.92. The van der Waals surface area contributed by atoms with E-state index in [1.807, 2.05) is 19.1 Å². The molecule has 1 unspecified atom stereocenters. The van der Waals surface area contributed by atoms with E-state index < -0.39 is 0 Å². The number of nitrogens with zero attached hydrogens (tertiary/aromatic N) is 3. The molecule has 0 aromatic carbocycles. The van der Waals surface area contributed by atoms with Crippen molar-refractivity contribution in [3.63, 3.8) is 0 Å². The van der Waals surface area contributed by atoms with Crippen LogP contribution in [0.5, 0.6) is 0 Å². The SMILES string of the molecule is Cc1ccnc(-c2noc(C3(C)CCCCN3)n2)c1. The topological polar surface area (TPSA) is 63.8 Å². The van der Waals surface area contributed by atoms with Gasteiger partial charge >= 0.3 is 0 Å². The molecule has 5 heteroatoms. The first-order chi connectivity index (χ1) is 9.17. The highest BCUT2D eigenvalue weighted by Gasteiger charge is 2.34. The summed E-state index contributed by atoms with van der Waals surface area (Å²) in [5, 5.41) is 7.53. The van der Waals surface area contributed by atoms with E-state index in [9.17, 15) is 0 Å². The van der Waals surface area contributed by atoms with Crippen molar-refractivity contribution in [1.82, 2.24) is 20.4 Å². The van der Waals surface area contributed by atoms with Crippen LogP contribution in [0.4, 0.5) is 0 Å². The van der Waals surface area contributed by atoms with Gasteiger partial charge in [0.2, 0.25) is 11.7 Å². The lowest BCUT2D eigenvalue weighted by Crippen LogP contribution is -2.43. The van der Waals surface area contributed by atoms with E-state index in [4.69, 9.17) is 4.52 Å². The molecule has 1 aliphatic heterocycles. The maximum atomic E-state index is 5.44. The van der Waals surface area contributed by atoms with Gasteiger partial charge in [0.05, 0.1) is 5.54 Å². The predicted octanol–water partition coefficient (Wildman–Crippen LogP) is 2.43. The van der Waals surface area contributed by atoms with Crippen LogP contribution in [0.25, 0.3) is 11.5 Å². The third-order valence-corrected chi connectivity index (χ3v) is 3.66. The Morgan fingerprint density at radius 2 is 2.26 bits per heavy atom. The van der Waals surface area contributed by atoms with Gasteiger partial charge in [0, 0.05) is 6.20 Å². The molecule has 19 heavy (non-hydrogen) atoms. The summed E-state index contributed by atoms with van der Waals surface area (Å²) in [6.07, 6.45) is 5.18. The van der Waals surface area contributed by atoms with Crippen LogP contribution < -0.4 is 5.32 Å². The largest absolute Gasteiger partial charge is 0.337 e. The van der Waals surface area contributed by atoms with Gasteiger partial charge < -0.3 is 9.84 Å². The molecule has 1 aliphatic rings. The van der Waals surface area contributed by atoms with E-state index in [-0.39, 0.29) is 5.54 Å². The molecule has 0 saturated carbocycles. The van der Waals surface area contributed by atoms with Gasteiger partial charge in [-0.25, -0.2) is 0 Å². The highest BCUT2D eigenvalue weighted by atomic mass is 16.5. The standard InChI is InChI=1S/C14H18N4O/c1-10-5-8-15-11(9-10)12-17-13(19-18-12)14(2)6-3-4-7-16-14/h5,8-9,16H,3-4,6-7H2,1-2H3. The van der Waals surface area contributed by atoms with Crippen LogP contribution in [-0.4, -0.2) is 21.7 Å². The molecule has 0 bridgehead atoms. The summed E-state index contributed by atoms with van der Waals surface area (Å²) < 4.78 is 5.44. The number of pyridine rings is 1. The second-order valence-electron chi connectivity index (χ2n) is 5.36. The van der Waals surface area contributed by atoms with Gasteiger partial charge in [0.25, 0.3) is 0 Å². The lowest BCUT2D eigenvalue weighted by molar-refractivity contribution is 0.207. The van der Waals surface area contributed by atoms with Crippen LogP contribution in [-0.2, 0) is 5.54 Å². The molecule has 0 spiro atoms. The van der Waals surface area contributed by atoms with Crippen LogP contribution in [0.15, 0.2) is 22.9 Å². The number of hydrogen-bond acceptors (Lipinski definition) is 5. The molecule has 1 fully saturated rings. The maximum Gasteiger partial charge on any atom is 0.247 e. The lowest BCUT2D eigenvalue weighted by atomic mass is 9.91. The number of hydrogen-bond donors (Lipinski definition) is 1. The van der Waals surface area contributed by atoms with E-state index in [0.29, 0.717) is 11.7 Å². The first-order valence-electron chi connectivity index (χ1n) is 6.70. The smallest absolute Gasteiger partial charge is 0.247 e. The zero-order valence-corrected chi connectivity index (χ0v) is 11.3. The van der Waals surface area contributed by atoms with Crippen molar-refractivity contribution in [2.75, 3.05) is 6.54 Å². The first-order valence-corrected chi connectivity index (χ1v) is 6.70. The molecule has 0 aliphatic carbocycles. The molecule has 1 saturated heterocycles. The van der Waals surface area contributed by atoms with Crippen molar-refractivity contribution < 1.29 is 4.52 Å². The number of aromatic nitrogens is 3. The molecule has 100 valence electrons. The molecule has 3 heterocycles. The second-order valence-corrected chi connectivity index (χ2v) is 5.36. The summed E-state index contributed by atoms with van der Waals surface area (Å²) in [5.41, 5.74) is 1.70. The van der Waals surface area contributed by atoms with E-state index in [1.54, 1.807) is 6.20 Å². The summed E-state index contributed by atoms with van der Waals surface area (Å²) in [5.74, 6) is 1.22. The Balaban J connectivity index is 1.91. The Morgan fingerprint density at radius 1 is 1.37 bits per heavy atom. The molecule has 3 rings (SSSR count). The van der Waals surface area contributed by atoms with Crippen LogP contribution in [0.1, 0.15) is 37.6 Å². The Bertz CT molecular complexity index is 572. The average Bonchev–Trinajstić information content (AvgIpc) is 2.90. The number of rotatable bonds is 2. The van der Waals surface area contributed by atoms with Gasteiger partial charge in [-0.3, -0.25) is 4.98 Å². The van der Waals surface area contributed by atoms with Crippen LogP contribution in [0.2, 0.25) is 0 Å². The Hall–Kier alpha value is -1.75. The summed E-state index contributed by atoms with van der Waals surface area (Å²) in [6.45, 7) is 5.14. The predicted molar refractivity (Wildman–Crippen MR) is 71.5 cm³/mol. The minimum absolute atomic E-state index is 0.201. The summed E-state index contributed by atoms with van der Waals surface area (Å²) >= 11 is 0. The molecular formula is C14H18N4O. The van der Waals surface area contributed by atoms with Crippen molar-refractivity contribution >= 4 is 0 Å². The minimum atomic E-state index is -0.201. The zero-order valence-electron chi connectivity index (χ0n) is 11.3. The van der Waals surface area contributed by atoms with Gasteiger partial charge in [0.15, 0.2) is 0 Å². The van der Waals surface area contributed by atoms with Crippen molar-refractivity contribution in [3.05, 3.63) is 29.8 Å². The quantitative estimate of drug-likeness (QED) is 0.896. The summed E-state index contributed by atoms with van der Waals surface area (Å²) in [7, 11) is 0. The van der Waals surface area contributed by atoms with Crippen LogP contribution in [0.3, 0.4) is 0 Å². The van der Waals surface area contributed by atoms with Crippen molar-refractivity contribution in [3.8, 4) is 11.5 Å². The Morgan fingerprint density at radius 3 is 3.00 bits per heavy atom. The lowest BCUT2D eigenvalue weighted by Gasteiger charge is -2.31. The molecular weight excluding hydrogens is 240 g/mol. The molecule has 0 amide bonds. The number of aryl methyl sites for hydroxylation is 1. The van der Waals surface area contributed by atoms with Gasteiger partial charge in [-0.05, 0) is 57.4 Å². The summed E-state index contributed by atoms with van der Waals surface area (Å²) in [4.78, 5) is 8.80. The highest BCUT2D eigenvalue weighted by Crippen LogP contribution is 2.29. The monoisotopic (exact) mass is 258 g/mol. The van der Waals surface area contributed by atoms with Crippen LogP contribution in [0, 0.1) is 6.92 Å². The van der Waals surface area contributed by atoms with Gasteiger partial charge in [-0.2, -0.15) is 4.98 Å². The average molecular weight is 258 g/mol. The zero-order chi connectivity index (χ0) is 13.3.